The van der Waals surface area contributed by atoms with Gasteiger partial charge in [-0.05, 0) is 30.3 Å². The fourth-order valence-electron chi connectivity index (χ4n) is 1.93. The lowest BCUT2D eigenvalue weighted by atomic mass is 10.1. The quantitative estimate of drug-likeness (QED) is 0.879. The van der Waals surface area contributed by atoms with E-state index in [1.165, 1.54) is 25.3 Å². The highest BCUT2D eigenvalue weighted by Crippen LogP contribution is 2.28. The molecule has 2 aromatic rings. The van der Waals surface area contributed by atoms with Gasteiger partial charge in [0.2, 0.25) is 0 Å². The van der Waals surface area contributed by atoms with Gasteiger partial charge in [-0.2, -0.15) is 0 Å². The summed E-state index contributed by atoms with van der Waals surface area (Å²) in [6.45, 7) is 0.338. The summed E-state index contributed by atoms with van der Waals surface area (Å²) in [5.74, 6) is 0.813. The Kier molecular flexibility index (Phi) is 4.96. The molecular formula is C16H17FO3. The molecule has 0 amide bonds. The fourth-order valence-corrected chi connectivity index (χ4v) is 1.93. The SMILES string of the molecule is COc1ccc(F)cc1C(O)CCOc1ccccc1. The number of methoxy groups -OCH3 is 1. The molecule has 2 rings (SSSR count). The Balaban J connectivity index is 1.95. The molecule has 0 saturated carbocycles. The average Bonchev–Trinajstić information content (AvgIpc) is 2.48. The van der Waals surface area contributed by atoms with Crippen LogP contribution < -0.4 is 9.47 Å². The van der Waals surface area contributed by atoms with E-state index < -0.39 is 11.9 Å². The van der Waals surface area contributed by atoms with Crippen LogP contribution in [0, 0.1) is 5.82 Å². The van der Waals surface area contributed by atoms with Crippen molar-refractivity contribution in [2.24, 2.45) is 0 Å². The zero-order valence-electron chi connectivity index (χ0n) is 11.3. The van der Waals surface area contributed by atoms with Gasteiger partial charge in [-0.3, -0.25) is 0 Å². The molecule has 0 saturated heterocycles. The van der Waals surface area contributed by atoms with Crippen LogP contribution >= 0.6 is 0 Å². The molecule has 2 aromatic carbocycles. The van der Waals surface area contributed by atoms with E-state index in [2.05, 4.69) is 0 Å². The number of aliphatic hydroxyl groups excluding tert-OH is 1. The summed E-state index contributed by atoms with van der Waals surface area (Å²) >= 11 is 0. The number of rotatable bonds is 6. The zero-order chi connectivity index (χ0) is 14.4. The summed E-state index contributed by atoms with van der Waals surface area (Å²) in [7, 11) is 1.49. The topological polar surface area (TPSA) is 38.7 Å². The molecule has 0 aliphatic rings. The molecule has 3 nitrogen and oxygen atoms in total. The molecule has 20 heavy (non-hydrogen) atoms. The van der Waals surface area contributed by atoms with Crippen molar-refractivity contribution in [1.82, 2.24) is 0 Å². The van der Waals surface area contributed by atoms with Crippen molar-refractivity contribution in [3.05, 3.63) is 59.9 Å². The van der Waals surface area contributed by atoms with Crippen LogP contribution in [0.25, 0.3) is 0 Å². The van der Waals surface area contributed by atoms with Crippen LogP contribution in [-0.2, 0) is 0 Å². The molecular weight excluding hydrogens is 259 g/mol. The van der Waals surface area contributed by atoms with Gasteiger partial charge in [0.1, 0.15) is 17.3 Å². The van der Waals surface area contributed by atoms with Crippen LogP contribution in [0.1, 0.15) is 18.1 Å². The number of benzene rings is 2. The van der Waals surface area contributed by atoms with Crippen molar-refractivity contribution in [2.75, 3.05) is 13.7 Å². The molecule has 0 fully saturated rings. The molecule has 4 heteroatoms. The predicted octanol–water partition coefficient (Wildman–Crippen LogP) is 3.34. The van der Waals surface area contributed by atoms with Crippen molar-refractivity contribution in [3.63, 3.8) is 0 Å². The number of hydrogen-bond acceptors (Lipinski definition) is 3. The molecule has 0 radical (unpaired) electrons. The first-order chi connectivity index (χ1) is 9.70. The summed E-state index contributed by atoms with van der Waals surface area (Å²) in [6, 6.07) is 13.4. The molecule has 0 aliphatic carbocycles. The lowest BCUT2D eigenvalue weighted by molar-refractivity contribution is 0.137. The number of para-hydroxylation sites is 1. The third-order valence-electron chi connectivity index (χ3n) is 2.95. The molecule has 0 heterocycles. The van der Waals surface area contributed by atoms with Gasteiger partial charge in [0.05, 0.1) is 19.8 Å². The van der Waals surface area contributed by atoms with Crippen LogP contribution in [0.15, 0.2) is 48.5 Å². The summed E-state index contributed by atoms with van der Waals surface area (Å²) in [6.07, 6.45) is -0.473. The maximum Gasteiger partial charge on any atom is 0.124 e. The van der Waals surface area contributed by atoms with E-state index in [4.69, 9.17) is 9.47 Å². The Labute approximate surface area is 117 Å². The summed E-state index contributed by atoms with van der Waals surface area (Å²) in [5.41, 5.74) is 0.434. The smallest absolute Gasteiger partial charge is 0.124 e. The summed E-state index contributed by atoms with van der Waals surface area (Å²) in [4.78, 5) is 0. The minimum atomic E-state index is -0.829. The lowest BCUT2D eigenvalue weighted by Gasteiger charge is -2.15. The van der Waals surface area contributed by atoms with E-state index in [1.807, 2.05) is 30.3 Å². The molecule has 0 aromatic heterocycles. The Morgan fingerprint density at radius 2 is 1.90 bits per heavy atom. The summed E-state index contributed by atoms with van der Waals surface area (Å²) in [5, 5.41) is 10.1. The van der Waals surface area contributed by atoms with Gasteiger partial charge in [0.25, 0.3) is 0 Å². The molecule has 1 atom stereocenters. The Bertz CT molecular complexity index is 543. The Hall–Kier alpha value is -2.07. The van der Waals surface area contributed by atoms with E-state index in [-0.39, 0.29) is 0 Å². The van der Waals surface area contributed by atoms with Gasteiger partial charge in [-0.1, -0.05) is 18.2 Å². The first kappa shape index (κ1) is 14.3. The molecule has 0 aliphatic heterocycles. The van der Waals surface area contributed by atoms with E-state index in [0.717, 1.165) is 5.75 Å². The van der Waals surface area contributed by atoms with Crippen molar-refractivity contribution in [2.45, 2.75) is 12.5 Å². The largest absolute Gasteiger partial charge is 0.496 e. The average molecular weight is 276 g/mol. The van der Waals surface area contributed by atoms with Gasteiger partial charge >= 0.3 is 0 Å². The lowest BCUT2D eigenvalue weighted by Crippen LogP contribution is -2.07. The van der Waals surface area contributed by atoms with Crippen LogP contribution in [0.4, 0.5) is 4.39 Å². The predicted molar refractivity (Wildman–Crippen MR) is 74.5 cm³/mol. The van der Waals surface area contributed by atoms with Gasteiger partial charge in [-0.25, -0.2) is 4.39 Å². The second kappa shape index (κ2) is 6.91. The van der Waals surface area contributed by atoms with E-state index in [0.29, 0.717) is 24.3 Å². The second-order valence-electron chi connectivity index (χ2n) is 4.35. The minimum absolute atomic E-state index is 0.338. The summed E-state index contributed by atoms with van der Waals surface area (Å²) < 4.78 is 23.9. The standard InChI is InChI=1S/C16H17FO3/c1-19-16-8-7-12(17)11-14(16)15(18)9-10-20-13-5-3-2-4-6-13/h2-8,11,15,18H,9-10H2,1H3. The third-order valence-corrected chi connectivity index (χ3v) is 2.95. The maximum absolute atomic E-state index is 13.2. The highest BCUT2D eigenvalue weighted by molar-refractivity contribution is 5.35. The maximum atomic E-state index is 13.2. The van der Waals surface area contributed by atoms with Gasteiger partial charge in [-0.15, -0.1) is 0 Å². The Morgan fingerprint density at radius 1 is 1.15 bits per heavy atom. The van der Waals surface area contributed by atoms with E-state index in [9.17, 15) is 9.50 Å². The molecule has 0 bridgehead atoms. The molecule has 0 spiro atoms. The molecule has 1 N–H and O–H groups in total. The van der Waals surface area contributed by atoms with Crippen LogP contribution in [0.5, 0.6) is 11.5 Å². The molecule has 1 unspecified atom stereocenters. The van der Waals surface area contributed by atoms with Gasteiger partial charge in [0, 0.05) is 12.0 Å². The number of aliphatic hydroxyl groups is 1. The Morgan fingerprint density at radius 3 is 2.60 bits per heavy atom. The van der Waals surface area contributed by atoms with E-state index >= 15 is 0 Å². The highest BCUT2D eigenvalue weighted by atomic mass is 19.1. The third kappa shape index (κ3) is 3.71. The first-order valence-electron chi connectivity index (χ1n) is 6.40. The van der Waals surface area contributed by atoms with Crippen molar-refractivity contribution < 1.29 is 19.0 Å². The monoisotopic (exact) mass is 276 g/mol. The van der Waals surface area contributed by atoms with E-state index in [1.54, 1.807) is 0 Å². The molecule has 106 valence electrons. The van der Waals surface area contributed by atoms with Crippen molar-refractivity contribution in [3.8, 4) is 11.5 Å². The van der Waals surface area contributed by atoms with Crippen LogP contribution in [-0.4, -0.2) is 18.8 Å². The van der Waals surface area contributed by atoms with Crippen molar-refractivity contribution in [1.29, 1.82) is 0 Å². The van der Waals surface area contributed by atoms with Gasteiger partial charge < -0.3 is 14.6 Å². The highest BCUT2D eigenvalue weighted by Gasteiger charge is 2.14. The van der Waals surface area contributed by atoms with Crippen molar-refractivity contribution >= 4 is 0 Å². The van der Waals surface area contributed by atoms with Gasteiger partial charge in [0.15, 0.2) is 0 Å². The zero-order valence-corrected chi connectivity index (χ0v) is 11.3. The second-order valence-corrected chi connectivity index (χ2v) is 4.35. The van der Waals surface area contributed by atoms with Crippen LogP contribution in [0.3, 0.4) is 0 Å². The number of hydrogen-bond donors (Lipinski definition) is 1. The minimum Gasteiger partial charge on any atom is -0.496 e. The fraction of sp³-hybridized carbons (Fsp3) is 0.250. The number of halogens is 1. The normalized spacial score (nSPS) is 11.9. The number of ether oxygens (including phenoxy) is 2. The first-order valence-corrected chi connectivity index (χ1v) is 6.40. The van der Waals surface area contributed by atoms with Crippen LogP contribution in [0.2, 0.25) is 0 Å².